The number of nitrogens with zero attached hydrogens (tertiary/aromatic N) is 2. The zero-order valence-corrected chi connectivity index (χ0v) is 15.1. The first-order valence-electron chi connectivity index (χ1n) is 8.25. The van der Waals surface area contributed by atoms with E-state index in [1.54, 1.807) is 15.7 Å². The molecular weight excluding hydrogens is 286 g/mol. The molecular formula is C15H33N3O2S. The second-order valence-corrected chi connectivity index (χ2v) is 8.56. The van der Waals surface area contributed by atoms with Gasteiger partial charge in [0.1, 0.15) is 0 Å². The van der Waals surface area contributed by atoms with Gasteiger partial charge in [-0.1, -0.05) is 27.2 Å². The predicted molar refractivity (Wildman–Crippen MR) is 88.5 cm³/mol. The van der Waals surface area contributed by atoms with Crippen molar-refractivity contribution in [1.29, 1.82) is 0 Å². The van der Waals surface area contributed by atoms with E-state index in [1.165, 1.54) is 0 Å². The van der Waals surface area contributed by atoms with Gasteiger partial charge in [0.25, 0.3) is 10.2 Å². The fraction of sp³-hybridized carbons (Fsp3) is 1.00. The van der Waals surface area contributed by atoms with Crippen molar-refractivity contribution in [2.45, 2.75) is 65.5 Å². The molecule has 0 aromatic heterocycles. The molecule has 1 aliphatic rings. The lowest BCUT2D eigenvalue weighted by molar-refractivity contribution is 0.242. The fourth-order valence-corrected chi connectivity index (χ4v) is 4.35. The van der Waals surface area contributed by atoms with Crippen molar-refractivity contribution in [2.75, 3.05) is 26.7 Å². The monoisotopic (exact) mass is 319 g/mol. The molecule has 1 aliphatic heterocycles. The molecule has 0 aliphatic carbocycles. The summed E-state index contributed by atoms with van der Waals surface area (Å²) in [6, 6.07) is 0.563. The first-order chi connectivity index (χ1) is 9.78. The van der Waals surface area contributed by atoms with E-state index in [0.29, 0.717) is 25.0 Å². The Labute approximate surface area is 131 Å². The van der Waals surface area contributed by atoms with Crippen molar-refractivity contribution < 1.29 is 8.42 Å². The molecule has 0 amide bonds. The van der Waals surface area contributed by atoms with Crippen LogP contribution in [0.3, 0.4) is 0 Å². The molecule has 1 N–H and O–H groups in total. The van der Waals surface area contributed by atoms with Crippen molar-refractivity contribution in [3.8, 4) is 0 Å². The van der Waals surface area contributed by atoms with Crippen molar-refractivity contribution in [1.82, 2.24) is 13.9 Å². The highest BCUT2D eigenvalue weighted by Crippen LogP contribution is 2.22. The Morgan fingerprint density at radius 1 is 1.24 bits per heavy atom. The Morgan fingerprint density at radius 3 is 2.29 bits per heavy atom. The minimum absolute atomic E-state index is 0.0698. The van der Waals surface area contributed by atoms with Crippen LogP contribution in [0.5, 0.6) is 0 Å². The Kier molecular flexibility index (Phi) is 7.60. The molecule has 0 aromatic rings. The zero-order chi connectivity index (χ0) is 16.0. The number of nitrogens with one attached hydrogen (secondary N) is 1. The van der Waals surface area contributed by atoms with Crippen molar-refractivity contribution >= 4 is 10.2 Å². The maximum Gasteiger partial charge on any atom is 0.281 e. The molecule has 21 heavy (non-hydrogen) atoms. The standard InChI is InChI=1S/C15H33N3O2S/c1-6-7-14(4)17(5)21(19,20)18-10-8-15(9-11-18)12-16-13(2)3/h13-16H,6-12H2,1-5H3. The molecule has 1 rings (SSSR count). The second kappa shape index (κ2) is 8.46. The van der Waals surface area contributed by atoms with Crippen molar-refractivity contribution in [2.24, 2.45) is 5.92 Å². The summed E-state index contributed by atoms with van der Waals surface area (Å²) in [5.74, 6) is 0.595. The van der Waals surface area contributed by atoms with Crippen LogP contribution in [0.2, 0.25) is 0 Å². The molecule has 0 aromatic carbocycles. The summed E-state index contributed by atoms with van der Waals surface area (Å²) in [5.41, 5.74) is 0. The fourth-order valence-electron chi connectivity index (χ4n) is 2.76. The molecule has 0 radical (unpaired) electrons. The van der Waals surface area contributed by atoms with Gasteiger partial charge in [-0.05, 0) is 38.6 Å². The van der Waals surface area contributed by atoms with E-state index < -0.39 is 10.2 Å². The average Bonchev–Trinajstić information content (AvgIpc) is 2.45. The minimum Gasteiger partial charge on any atom is -0.314 e. The van der Waals surface area contributed by atoms with Gasteiger partial charge < -0.3 is 5.32 Å². The van der Waals surface area contributed by atoms with Gasteiger partial charge in [0, 0.05) is 32.2 Å². The molecule has 1 heterocycles. The van der Waals surface area contributed by atoms with Crippen LogP contribution < -0.4 is 5.32 Å². The third kappa shape index (κ3) is 5.51. The predicted octanol–water partition coefficient (Wildman–Crippen LogP) is 2.06. The van der Waals surface area contributed by atoms with Crippen LogP contribution in [-0.2, 0) is 10.2 Å². The molecule has 1 saturated heterocycles. The van der Waals surface area contributed by atoms with Crippen LogP contribution in [0.1, 0.15) is 53.4 Å². The average molecular weight is 320 g/mol. The van der Waals surface area contributed by atoms with E-state index in [0.717, 1.165) is 32.2 Å². The van der Waals surface area contributed by atoms with Gasteiger partial charge in [0.05, 0.1) is 0 Å². The lowest BCUT2D eigenvalue weighted by atomic mass is 9.98. The summed E-state index contributed by atoms with van der Waals surface area (Å²) in [6.45, 7) is 10.7. The van der Waals surface area contributed by atoms with Crippen LogP contribution in [0.25, 0.3) is 0 Å². The van der Waals surface area contributed by atoms with E-state index in [4.69, 9.17) is 0 Å². The van der Waals surface area contributed by atoms with Crippen LogP contribution in [0.15, 0.2) is 0 Å². The molecule has 1 unspecified atom stereocenters. The van der Waals surface area contributed by atoms with E-state index in [2.05, 4.69) is 26.1 Å². The molecule has 0 saturated carbocycles. The van der Waals surface area contributed by atoms with E-state index in [-0.39, 0.29) is 6.04 Å². The molecule has 0 spiro atoms. The normalized spacial score (nSPS) is 20.3. The zero-order valence-electron chi connectivity index (χ0n) is 14.3. The van der Waals surface area contributed by atoms with Gasteiger partial charge >= 0.3 is 0 Å². The first kappa shape index (κ1) is 18.9. The number of hydrogen-bond donors (Lipinski definition) is 1. The largest absolute Gasteiger partial charge is 0.314 e. The lowest BCUT2D eigenvalue weighted by Crippen LogP contribution is -2.49. The molecule has 5 nitrogen and oxygen atoms in total. The Balaban J connectivity index is 2.52. The third-order valence-corrected chi connectivity index (χ3v) is 6.51. The number of piperidine rings is 1. The van der Waals surface area contributed by atoms with Gasteiger partial charge in [-0.3, -0.25) is 0 Å². The maximum atomic E-state index is 12.6. The Morgan fingerprint density at radius 2 is 1.81 bits per heavy atom. The molecule has 0 bridgehead atoms. The number of rotatable bonds is 8. The molecule has 1 atom stereocenters. The van der Waals surface area contributed by atoms with Gasteiger partial charge in [-0.2, -0.15) is 17.0 Å². The summed E-state index contributed by atoms with van der Waals surface area (Å²) in [6.07, 6.45) is 3.82. The molecule has 1 fully saturated rings. The smallest absolute Gasteiger partial charge is 0.281 e. The van der Waals surface area contributed by atoms with Gasteiger partial charge in [-0.25, -0.2) is 0 Å². The first-order valence-corrected chi connectivity index (χ1v) is 9.65. The number of hydrogen-bond acceptors (Lipinski definition) is 3. The quantitative estimate of drug-likeness (QED) is 0.745. The van der Waals surface area contributed by atoms with Crippen molar-refractivity contribution in [3.05, 3.63) is 0 Å². The molecule has 6 heteroatoms. The van der Waals surface area contributed by atoms with Crippen LogP contribution in [0, 0.1) is 5.92 Å². The van der Waals surface area contributed by atoms with Gasteiger partial charge in [-0.15, -0.1) is 0 Å². The summed E-state index contributed by atoms with van der Waals surface area (Å²) in [7, 11) is -1.58. The third-order valence-electron chi connectivity index (χ3n) is 4.41. The maximum absolute atomic E-state index is 12.6. The topological polar surface area (TPSA) is 52.7 Å². The van der Waals surface area contributed by atoms with Gasteiger partial charge in [0.2, 0.25) is 0 Å². The highest BCUT2D eigenvalue weighted by molar-refractivity contribution is 7.86. The Hall–Kier alpha value is -0.170. The van der Waals surface area contributed by atoms with Gasteiger partial charge in [0.15, 0.2) is 0 Å². The lowest BCUT2D eigenvalue weighted by Gasteiger charge is -2.35. The van der Waals surface area contributed by atoms with Crippen LogP contribution >= 0.6 is 0 Å². The summed E-state index contributed by atoms with van der Waals surface area (Å²) in [5, 5.41) is 3.45. The minimum atomic E-state index is -3.29. The highest BCUT2D eigenvalue weighted by atomic mass is 32.2. The highest BCUT2D eigenvalue weighted by Gasteiger charge is 2.32. The summed E-state index contributed by atoms with van der Waals surface area (Å²) in [4.78, 5) is 0. The summed E-state index contributed by atoms with van der Waals surface area (Å²) < 4.78 is 28.4. The van der Waals surface area contributed by atoms with Crippen LogP contribution in [0.4, 0.5) is 0 Å². The molecule has 126 valence electrons. The van der Waals surface area contributed by atoms with E-state index in [9.17, 15) is 8.42 Å². The van der Waals surface area contributed by atoms with Crippen molar-refractivity contribution in [3.63, 3.8) is 0 Å². The Bertz CT molecular complexity index is 390. The van der Waals surface area contributed by atoms with E-state index in [1.807, 2.05) is 6.92 Å². The SMILES string of the molecule is CCCC(C)N(C)S(=O)(=O)N1CCC(CNC(C)C)CC1. The van der Waals surface area contributed by atoms with Crippen LogP contribution in [-0.4, -0.2) is 55.8 Å². The second-order valence-electron chi connectivity index (χ2n) is 6.57. The summed E-state index contributed by atoms with van der Waals surface area (Å²) >= 11 is 0. The van der Waals surface area contributed by atoms with E-state index >= 15 is 0 Å².